The number of hydrogen-bond donors (Lipinski definition) is 0. The molecule has 282 valence electrons. The summed E-state index contributed by atoms with van der Waals surface area (Å²) in [6, 6.07) is 13.9. The van der Waals surface area contributed by atoms with Crippen molar-refractivity contribution >= 4 is 11.3 Å². The highest BCUT2D eigenvalue weighted by Gasteiger charge is 2.21. The topological polar surface area (TPSA) is 30.7 Å². The first-order valence-electron chi connectivity index (χ1n) is 16.6. The van der Waals surface area contributed by atoms with E-state index in [0.717, 1.165) is 29.6 Å². The molecule has 3 aromatic rings. The molecule has 4 heteroatoms. The molecule has 2 heterocycles. The zero-order valence-corrected chi connectivity index (χ0v) is 32.5. The van der Waals surface area contributed by atoms with E-state index >= 15 is 0 Å². The molecule has 4 rings (SSSR count). The summed E-state index contributed by atoms with van der Waals surface area (Å²) in [5.41, 5.74) is 1.79. The molecular weight excluding hydrogens is 579 g/mol. The third-order valence-corrected chi connectivity index (χ3v) is 3.67. The Morgan fingerprint density at radius 2 is 0.913 bits per heavy atom. The Kier molecular flexibility index (Phi) is 101. The SMILES string of the molecule is C.C.C.C.CC.CC.CC.CC(C)C.CC(C)C.CC(C)C.CC(C)CC1CC1.Cn1cccn1.c1ccccc1.c1cscn1. The van der Waals surface area contributed by atoms with Gasteiger partial charge in [-0.05, 0) is 42.1 Å². The molecule has 2 aromatic heterocycles. The lowest BCUT2D eigenvalue weighted by atomic mass is 10.1. The fourth-order valence-corrected chi connectivity index (χ4v) is 2.28. The van der Waals surface area contributed by atoms with Crippen molar-refractivity contribution in [2.75, 3.05) is 0 Å². The van der Waals surface area contributed by atoms with Gasteiger partial charge in [-0.1, -0.05) is 197 Å². The van der Waals surface area contributed by atoms with Gasteiger partial charge in [0.1, 0.15) is 0 Å². The van der Waals surface area contributed by atoms with E-state index in [9.17, 15) is 0 Å². The van der Waals surface area contributed by atoms with Crippen LogP contribution < -0.4 is 0 Å². The van der Waals surface area contributed by atoms with E-state index in [2.05, 4.69) is 86.2 Å². The Balaban J connectivity index is -0.0000000398. The molecular formula is C42H93N3S. The van der Waals surface area contributed by atoms with Gasteiger partial charge in [-0.3, -0.25) is 9.67 Å². The molecule has 3 nitrogen and oxygen atoms in total. The Morgan fingerprint density at radius 1 is 0.587 bits per heavy atom. The maximum atomic E-state index is 3.83. The molecule has 0 atom stereocenters. The molecule has 1 saturated carbocycles. The number of rotatable bonds is 2. The fraction of sp³-hybridized carbons (Fsp3) is 0.714. The third kappa shape index (κ3) is 133. The van der Waals surface area contributed by atoms with Gasteiger partial charge in [-0.25, -0.2) is 0 Å². The summed E-state index contributed by atoms with van der Waals surface area (Å²) in [7, 11) is 1.89. The summed E-state index contributed by atoms with van der Waals surface area (Å²) < 4.78 is 1.75. The minimum atomic E-state index is 0. The lowest BCUT2D eigenvalue weighted by Crippen LogP contribution is -1.86. The molecule has 1 fully saturated rings. The van der Waals surface area contributed by atoms with Crippen LogP contribution in [0.5, 0.6) is 0 Å². The molecule has 1 aromatic carbocycles. The normalized spacial score (nSPS) is 9.00. The molecule has 0 aliphatic heterocycles. The molecule has 0 N–H and O–H groups in total. The smallest absolute Gasteiger partial charge is 0.0791 e. The standard InChI is InChI=1S/C7H14.C6H6.C4H6N2.3C4H10.C3H3NS.3C2H6.4CH4/c1-6(2)5-7-3-4-7;1-2-4-6-5-3-1;1-6-4-2-3-5-6;3*1-4(2)3;1-2-5-3-4-1;3*1-2;;;;/h6-7H,3-5H2,1-2H3;1-6H;2-4H,1H3;3*4H,1-3H3;1-3H;3*1-2H3;4*1H4. The van der Waals surface area contributed by atoms with Crippen molar-refractivity contribution in [3.63, 3.8) is 0 Å². The summed E-state index contributed by atoms with van der Waals surface area (Å²) >= 11 is 1.60. The van der Waals surface area contributed by atoms with E-state index in [1.54, 1.807) is 33.9 Å². The monoisotopic (exact) mass is 672 g/mol. The van der Waals surface area contributed by atoms with Crippen LogP contribution in [0.1, 0.15) is 167 Å². The van der Waals surface area contributed by atoms with Gasteiger partial charge in [0, 0.05) is 31.0 Å². The van der Waals surface area contributed by atoms with Crippen molar-refractivity contribution in [1.82, 2.24) is 14.8 Å². The average molecular weight is 672 g/mol. The van der Waals surface area contributed by atoms with Crippen LogP contribution in [0.4, 0.5) is 0 Å². The summed E-state index contributed by atoms with van der Waals surface area (Å²) in [6.45, 7) is 36.1. The molecule has 0 bridgehead atoms. The number of aryl methyl sites for hydroxylation is 1. The molecule has 0 saturated heterocycles. The van der Waals surface area contributed by atoms with Crippen molar-refractivity contribution in [3.05, 3.63) is 71.9 Å². The third-order valence-electron chi connectivity index (χ3n) is 3.15. The van der Waals surface area contributed by atoms with Gasteiger partial charge in [0.2, 0.25) is 0 Å². The van der Waals surface area contributed by atoms with E-state index in [1.165, 1.54) is 19.3 Å². The van der Waals surface area contributed by atoms with Gasteiger partial charge in [-0.15, -0.1) is 11.3 Å². The predicted octanol–water partition coefficient (Wildman–Crippen LogP) is 16.3. The first kappa shape index (κ1) is 70.4. The van der Waals surface area contributed by atoms with Gasteiger partial charge in [0.05, 0.1) is 5.51 Å². The molecule has 0 amide bonds. The van der Waals surface area contributed by atoms with E-state index in [1.807, 2.05) is 103 Å². The highest BCUT2D eigenvalue weighted by atomic mass is 32.1. The van der Waals surface area contributed by atoms with Crippen molar-refractivity contribution in [2.24, 2.45) is 36.6 Å². The van der Waals surface area contributed by atoms with Crippen LogP contribution in [0.2, 0.25) is 0 Å². The summed E-state index contributed by atoms with van der Waals surface area (Å²) in [6.07, 6.45) is 9.90. The Hall–Kier alpha value is -1.94. The zero-order chi connectivity index (χ0) is 34.2. The van der Waals surface area contributed by atoms with Gasteiger partial charge in [-0.2, -0.15) is 5.10 Å². The Bertz CT molecular complexity index is 621. The fourth-order valence-electron chi connectivity index (χ4n) is 1.93. The van der Waals surface area contributed by atoms with Gasteiger partial charge in [0.15, 0.2) is 0 Å². The largest absolute Gasteiger partial charge is 0.276 e. The van der Waals surface area contributed by atoms with Crippen molar-refractivity contribution in [2.45, 2.75) is 167 Å². The highest BCUT2D eigenvalue weighted by Crippen LogP contribution is 2.34. The molecule has 1 aliphatic carbocycles. The first-order chi connectivity index (χ1) is 19.9. The molecule has 1 aliphatic rings. The predicted molar refractivity (Wildman–Crippen MR) is 226 cm³/mol. The van der Waals surface area contributed by atoms with Crippen LogP contribution in [0.25, 0.3) is 0 Å². The molecule has 46 heavy (non-hydrogen) atoms. The first-order valence-corrected chi connectivity index (χ1v) is 17.6. The van der Waals surface area contributed by atoms with Crippen LogP contribution in [0.15, 0.2) is 71.9 Å². The number of benzene rings is 1. The number of thiazole rings is 1. The number of nitrogens with zero attached hydrogens (tertiary/aromatic N) is 3. The van der Waals surface area contributed by atoms with Crippen molar-refractivity contribution in [3.8, 4) is 0 Å². The maximum Gasteiger partial charge on any atom is 0.0791 e. The van der Waals surface area contributed by atoms with Crippen LogP contribution >= 0.6 is 11.3 Å². The molecule has 0 spiro atoms. The van der Waals surface area contributed by atoms with Gasteiger partial charge in [0.25, 0.3) is 0 Å². The quantitative estimate of drug-likeness (QED) is 0.271. The lowest BCUT2D eigenvalue weighted by Gasteiger charge is -1.98. The second kappa shape index (κ2) is 65.7. The Morgan fingerprint density at radius 3 is 1.00 bits per heavy atom. The van der Waals surface area contributed by atoms with E-state index in [4.69, 9.17) is 0 Å². The van der Waals surface area contributed by atoms with Crippen molar-refractivity contribution in [1.29, 1.82) is 0 Å². The van der Waals surface area contributed by atoms with Gasteiger partial charge >= 0.3 is 0 Å². The molecule has 0 unspecified atom stereocenters. The second-order valence-electron chi connectivity index (χ2n) is 11.3. The maximum absolute atomic E-state index is 3.83. The zero-order valence-electron chi connectivity index (χ0n) is 31.7. The summed E-state index contributed by atoms with van der Waals surface area (Å²) in [5.74, 6) is 4.56. The summed E-state index contributed by atoms with van der Waals surface area (Å²) in [4.78, 5) is 3.74. The summed E-state index contributed by atoms with van der Waals surface area (Å²) in [5, 5.41) is 5.76. The minimum absolute atomic E-state index is 0. The Labute approximate surface area is 300 Å². The van der Waals surface area contributed by atoms with Crippen molar-refractivity contribution < 1.29 is 0 Å². The van der Waals surface area contributed by atoms with E-state index in [0.29, 0.717) is 0 Å². The number of hydrogen-bond acceptors (Lipinski definition) is 3. The lowest BCUT2D eigenvalue weighted by molar-refractivity contribution is 0.541. The van der Waals surface area contributed by atoms with Crippen LogP contribution in [-0.2, 0) is 7.05 Å². The number of aromatic nitrogens is 3. The van der Waals surface area contributed by atoms with E-state index < -0.39 is 0 Å². The average Bonchev–Trinajstić information content (AvgIpc) is 3.34. The second-order valence-corrected chi connectivity index (χ2v) is 12.0. The van der Waals surface area contributed by atoms with Crippen LogP contribution in [0, 0.1) is 29.6 Å². The van der Waals surface area contributed by atoms with Crippen LogP contribution in [0.3, 0.4) is 0 Å². The highest BCUT2D eigenvalue weighted by molar-refractivity contribution is 7.07. The van der Waals surface area contributed by atoms with Crippen LogP contribution in [-0.4, -0.2) is 14.8 Å². The minimum Gasteiger partial charge on any atom is -0.276 e. The van der Waals surface area contributed by atoms with E-state index in [-0.39, 0.29) is 29.7 Å². The van der Waals surface area contributed by atoms with Gasteiger partial charge < -0.3 is 0 Å². The molecule has 0 radical (unpaired) electrons.